The minimum atomic E-state index is -0.514. The van der Waals surface area contributed by atoms with E-state index in [1.54, 1.807) is 0 Å². The van der Waals surface area contributed by atoms with Gasteiger partial charge in [0.2, 0.25) is 0 Å². The second kappa shape index (κ2) is 40.9. The summed E-state index contributed by atoms with van der Waals surface area (Å²) in [4.78, 5) is 24.7. The molecule has 0 rings (SSSR count). The molecule has 51 heavy (non-hydrogen) atoms. The standard InChI is InChI=1S/C42H76F2O7/c1-2-3-4-5-6-7-8-9-10-11-12-13-14-19-24-29-40(46)50-37-39(36-45)38-51-41(47)30-31-42(48-34-27-22-17-15-20-25-32-43)49-35-28-23-18-16-21-26-33-44/h6-7,9-10,39,42,45H,2-5,8,11-38H2,1H3/b7-6-,10-9-. The van der Waals surface area contributed by atoms with Crippen molar-refractivity contribution in [1.82, 2.24) is 0 Å². The van der Waals surface area contributed by atoms with Gasteiger partial charge < -0.3 is 24.1 Å². The van der Waals surface area contributed by atoms with E-state index in [9.17, 15) is 23.5 Å². The predicted molar refractivity (Wildman–Crippen MR) is 204 cm³/mol. The molecule has 300 valence electrons. The fourth-order valence-corrected chi connectivity index (χ4v) is 5.49. The number of rotatable bonds is 40. The molecule has 1 atom stereocenters. The lowest BCUT2D eigenvalue weighted by Gasteiger charge is -2.19. The van der Waals surface area contributed by atoms with Crippen LogP contribution in [0, 0.1) is 5.92 Å². The Kier molecular flexibility index (Phi) is 39.4. The van der Waals surface area contributed by atoms with Crippen LogP contribution in [-0.2, 0) is 28.5 Å². The number of alkyl halides is 2. The van der Waals surface area contributed by atoms with Crippen LogP contribution in [0.4, 0.5) is 8.78 Å². The van der Waals surface area contributed by atoms with Crippen molar-refractivity contribution >= 4 is 11.9 Å². The second-order valence-corrected chi connectivity index (χ2v) is 13.7. The summed E-state index contributed by atoms with van der Waals surface area (Å²) >= 11 is 0. The van der Waals surface area contributed by atoms with Crippen molar-refractivity contribution in [3.8, 4) is 0 Å². The van der Waals surface area contributed by atoms with Gasteiger partial charge in [-0.15, -0.1) is 0 Å². The van der Waals surface area contributed by atoms with Crippen LogP contribution >= 0.6 is 0 Å². The minimum absolute atomic E-state index is 0.0132. The van der Waals surface area contributed by atoms with E-state index < -0.39 is 18.2 Å². The van der Waals surface area contributed by atoms with E-state index in [-0.39, 0.29) is 45.6 Å². The van der Waals surface area contributed by atoms with Gasteiger partial charge in [0.15, 0.2) is 6.29 Å². The molecule has 0 heterocycles. The Bertz CT molecular complexity index is 788. The first-order chi connectivity index (χ1) is 25.1. The molecule has 1 N–H and O–H groups in total. The number of carbonyl (C=O) groups is 2. The average molecular weight is 731 g/mol. The number of aliphatic hydroxyl groups is 1. The topological polar surface area (TPSA) is 91.3 Å². The quantitative estimate of drug-likeness (QED) is 0.0290. The zero-order valence-corrected chi connectivity index (χ0v) is 32.5. The molecule has 0 aliphatic rings. The molecule has 0 saturated heterocycles. The van der Waals surface area contributed by atoms with Crippen molar-refractivity contribution in [2.24, 2.45) is 5.92 Å². The summed E-state index contributed by atoms with van der Waals surface area (Å²) in [6.07, 6.45) is 32.6. The van der Waals surface area contributed by atoms with Gasteiger partial charge in [0.05, 0.1) is 45.5 Å². The molecule has 0 saturated carbocycles. The van der Waals surface area contributed by atoms with Crippen molar-refractivity contribution in [2.75, 3.05) is 46.4 Å². The molecule has 9 heteroatoms. The van der Waals surface area contributed by atoms with Crippen LogP contribution in [0.25, 0.3) is 0 Å². The summed E-state index contributed by atoms with van der Waals surface area (Å²) in [7, 11) is 0. The molecule has 0 aromatic carbocycles. The third-order valence-corrected chi connectivity index (χ3v) is 8.80. The second-order valence-electron chi connectivity index (χ2n) is 13.7. The van der Waals surface area contributed by atoms with Crippen molar-refractivity contribution in [1.29, 1.82) is 0 Å². The highest BCUT2D eigenvalue weighted by Gasteiger charge is 2.17. The first-order valence-electron chi connectivity index (χ1n) is 20.6. The van der Waals surface area contributed by atoms with E-state index in [0.29, 0.717) is 38.9 Å². The van der Waals surface area contributed by atoms with Gasteiger partial charge in [-0.3, -0.25) is 18.4 Å². The Hall–Kier alpha value is -1.84. The predicted octanol–water partition coefficient (Wildman–Crippen LogP) is 11.3. The lowest BCUT2D eigenvalue weighted by atomic mass is 10.1. The average Bonchev–Trinajstić information content (AvgIpc) is 3.14. The van der Waals surface area contributed by atoms with E-state index in [2.05, 4.69) is 31.2 Å². The van der Waals surface area contributed by atoms with Gasteiger partial charge in [0.25, 0.3) is 0 Å². The summed E-state index contributed by atoms with van der Waals surface area (Å²) in [6.45, 7) is 2.51. The molecule has 0 fully saturated rings. The number of esters is 2. The number of unbranched alkanes of at least 4 members (excludes halogenated alkanes) is 18. The van der Waals surface area contributed by atoms with Crippen molar-refractivity contribution < 1.29 is 42.4 Å². The monoisotopic (exact) mass is 731 g/mol. The highest BCUT2D eigenvalue weighted by Crippen LogP contribution is 2.13. The normalized spacial score (nSPS) is 12.4. The lowest BCUT2D eigenvalue weighted by Crippen LogP contribution is -2.25. The summed E-state index contributed by atoms with van der Waals surface area (Å²) in [5.41, 5.74) is 0. The zero-order chi connectivity index (χ0) is 37.3. The Balaban J connectivity index is 4.15. The summed E-state index contributed by atoms with van der Waals surface area (Å²) in [6, 6.07) is 0. The van der Waals surface area contributed by atoms with Gasteiger partial charge in [0.1, 0.15) is 0 Å². The minimum Gasteiger partial charge on any atom is -0.465 e. The van der Waals surface area contributed by atoms with Gasteiger partial charge >= 0.3 is 11.9 Å². The van der Waals surface area contributed by atoms with Crippen molar-refractivity contribution in [2.45, 2.75) is 180 Å². The highest BCUT2D eigenvalue weighted by atomic mass is 19.1. The summed E-state index contributed by atoms with van der Waals surface area (Å²) < 4.78 is 47.1. The number of allylic oxidation sites excluding steroid dienone is 4. The Labute approximate surface area is 310 Å². The largest absolute Gasteiger partial charge is 0.465 e. The Morgan fingerprint density at radius 3 is 1.53 bits per heavy atom. The van der Waals surface area contributed by atoms with Crippen LogP contribution in [0.15, 0.2) is 24.3 Å². The first kappa shape index (κ1) is 49.2. The molecule has 0 radical (unpaired) electrons. The molecule has 1 unspecified atom stereocenters. The molecule has 0 aromatic rings. The zero-order valence-electron chi connectivity index (χ0n) is 32.5. The molecular formula is C42H76F2O7. The molecule has 0 aromatic heterocycles. The van der Waals surface area contributed by atoms with E-state index >= 15 is 0 Å². The third kappa shape index (κ3) is 37.7. The number of carbonyl (C=O) groups excluding carboxylic acids is 2. The van der Waals surface area contributed by atoms with Crippen molar-refractivity contribution in [3.05, 3.63) is 24.3 Å². The third-order valence-electron chi connectivity index (χ3n) is 8.80. The van der Waals surface area contributed by atoms with E-state index in [0.717, 1.165) is 109 Å². The number of hydrogen-bond donors (Lipinski definition) is 1. The van der Waals surface area contributed by atoms with Crippen molar-refractivity contribution in [3.63, 3.8) is 0 Å². The summed E-state index contributed by atoms with van der Waals surface area (Å²) in [5.74, 6) is -1.18. The number of ether oxygens (including phenoxy) is 4. The smallest absolute Gasteiger partial charge is 0.305 e. The van der Waals surface area contributed by atoms with Gasteiger partial charge in [-0.2, -0.15) is 0 Å². The fraction of sp³-hybridized carbons (Fsp3) is 0.857. The number of aliphatic hydroxyl groups excluding tert-OH is 1. The Morgan fingerprint density at radius 1 is 0.569 bits per heavy atom. The van der Waals surface area contributed by atoms with Gasteiger partial charge in [-0.25, -0.2) is 0 Å². The van der Waals surface area contributed by atoms with Gasteiger partial charge in [-0.05, 0) is 64.2 Å². The Morgan fingerprint density at radius 2 is 1.02 bits per heavy atom. The molecular weight excluding hydrogens is 654 g/mol. The van der Waals surface area contributed by atoms with Gasteiger partial charge in [-0.1, -0.05) is 115 Å². The molecule has 0 bridgehead atoms. The van der Waals surface area contributed by atoms with Crippen LogP contribution in [0.1, 0.15) is 174 Å². The number of halogens is 2. The first-order valence-corrected chi connectivity index (χ1v) is 20.6. The van der Waals surface area contributed by atoms with Crippen LogP contribution < -0.4 is 0 Å². The van der Waals surface area contributed by atoms with Crippen LogP contribution in [0.3, 0.4) is 0 Å². The number of hydrogen-bond acceptors (Lipinski definition) is 7. The van der Waals surface area contributed by atoms with E-state index in [1.807, 2.05) is 0 Å². The SMILES string of the molecule is CCCCC/C=C\C/C=C\CCCCCCCC(=O)OCC(CO)COC(=O)CCC(OCCCCCCCCF)OCCCCCCCCF. The molecule has 0 aliphatic carbocycles. The molecule has 7 nitrogen and oxygen atoms in total. The van der Waals surface area contributed by atoms with Gasteiger partial charge in [0, 0.05) is 26.1 Å². The van der Waals surface area contributed by atoms with Crippen LogP contribution in [-0.4, -0.2) is 69.7 Å². The molecule has 0 spiro atoms. The maximum Gasteiger partial charge on any atom is 0.305 e. The lowest BCUT2D eigenvalue weighted by molar-refractivity contribution is -0.161. The fourth-order valence-electron chi connectivity index (χ4n) is 5.49. The summed E-state index contributed by atoms with van der Waals surface area (Å²) in [5, 5.41) is 9.73. The maximum atomic E-state index is 12.5. The van der Waals surface area contributed by atoms with Crippen LogP contribution in [0.2, 0.25) is 0 Å². The highest BCUT2D eigenvalue weighted by molar-refractivity contribution is 5.69. The maximum absolute atomic E-state index is 12.5. The van der Waals surface area contributed by atoms with Crippen LogP contribution in [0.5, 0.6) is 0 Å². The van der Waals surface area contributed by atoms with E-state index in [1.165, 1.54) is 25.7 Å². The van der Waals surface area contributed by atoms with E-state index in [4.69, 9.17) is 18.9 Å². The molecule has 0 amide bonds. The molecule has 0 aliphatic heterocycles.